The number of benzene rings is 1. The molecule has 0 bridgehead atoms. The van der Waals surface area contributed by atoms with Gasteiger partial charge >= 0.3 is 12.2 Å². The van der Waals surface area contributed by atoms with E-state index in [4.69, 9.17) is 0 Å². The van der Waals surface area contributed by atoms with E-state index in [0.717, 1.165) is 61.3 Å². The standard InChI is InChI=1S/C20H26F3N3O3/c1-3-4-5-6-7-12-19(2)17(28)26(18(29)25-19)13-16(27)24-15-10-8-14(9-11-15)20(21,22)23/h8-11H,3-7,12-13H2,1-2H3,(H,24,27)(H,25,29)/t19-/m1/s1. The molecule has 4 amide bonds. The number of halogens is 3. The molecule has 0 radical (unpaired) electrons. The summed E-state index contributed by atoms with van der Waals surface area (Å²) in [7, 11) is 0. The molecule has 1 heterocycles. The second-order valence-corrected chi connectivity index (χ2v) is 7.44. The van der Waals surface area contributed by atoms with Crippen LogP contribution in [0.5, 0.6) is 0 Å². The van der Waals surface area contributed by atoms with Crippen LogP contribution in [0.3, 0.4) is 0 Å². The number of urea groups is 1. The quantitative estimate of drug-likeness (QED) is 0.468. The van der Waals surface area contributed by atoms with Gasteiger partial charge in [-0.05, 0) is 37.6 Å². The molecule has 2 rings (SSSR count). The van der Waals surface area contributed by atoms with Gasteiger partial charge in [0, 0.05) is 5.69 Å². The summed E-state index contributed by atoms with van der Waals surface area (Å²) in [6.07, 6.45) is 1.05. The number of carbonyl (C=O) groups excluding carboxylic acids is 3. The summed E-state index contributed by atoms with van der Waals surface area (Å²) in [5.41, 5.74) is -1.73. The van der Waals surface area contributed by atoms with E-state index in [0.29, 0.717) is 6.42 Å². The first kappa shape index (κ1) is 22.7. The SMILES string of the molecule is CCCCCCC[C@@]1(C)NC(=O)N(CC(=O)Nc2ccc(C(F)(F)F)cc2)C1=O. The highest BCUT2D eigenvalue weighted by atomic mass is 19.4. The number of nitrogens with zero attached hydrogens (tertiary/aromatic N) is 1. The van der Waals surface area contributed by atoms with E-state index < -0.39 is 41.7 Å². The van der Waals surface area contributed by atoms with Gasteiger partial charge in [0.05, 0.1) is 5.56 Å². The number of amides is 4. The van der Waals surface area contributed by atoms with Gasteiger partial charge in [-0.1, -0.05) is 39.0 Å². The van der Waals surface area contributed by atoms with Crippen LogP contribution >= 0.6 is 0 Å². The molecule has 0 aromatic heterocycles. The fourth-order valence-corrected chi connectivity index (χ4v) is 3.23. The van der Waals surface area contributed by atoms with Crippen LogP contribution in [0.25, 0.3) is 0 Å². The number of anilines is 1. The molecule has 0 unspecified atom stereocenters. The Bertz CT molecular complexity index is 750. The van der Waals surface area contributed by atoms with Gasteiger partial charge < -0.3 is 10.6 Å². The number of carbonyl (C=O) groups is 3. The molecule has 1 aliphatic heterocycles. The molecule has 1 saturated heterocycles. The maximum atomic E-state index is 12.6. The summed E-state index contributed by atoms with van der Waals surface area (Å²) in [6, 6.07) is 3.28. The van der Waals surface area contributed by atoms with Crippen molar-refractivity contribution in [3.05, 3.63) is 29.8 Å². The van der Waals surface area contributed by atoms with Crippen LogP contribution in [0, 0.1) is 0 Å². The normalized spacial score (nSPS) is 19.4. The summed E-state index contributed by atoms with van der Waals surface area (Å²) in [4.78, 5) is 37.8. The van der Waals surface area contributed by atoms with Gasteiger partial charge in [0.1, 0.15) is 12.1 Å². The summed E-state index contributed by atoms with van der Waals surface area (Å²) >= 11 is 0. The Morgan fingerprint density at radius 1 is 1.10 bits per heavy atom. The predicted molar refractivity (Wildman–Crippen MR) is 102 cm³/mol. The number of alkyl halides is 3. The number of hydrogen-bond donors (Lipinski definition) is 2. The smallest absolute Gasteiger partial charge is 0.325 e. The molecular weight excluding hydrogens is 387 g/mol. The number of unbranched alkanes of at least 4 members (excludes halogenated alkanes) is 4. The van der Waals surface area contributed by atoms with E-state index in [-0.39, 0.29) is 5.69 Å². The van der Waals surface area contributed by atoms with E-state index in [1.54, 1.807) is 6.92 Å². The van der Waals surface area contributed by atoms with Crippen molar-refractivity contribution >= 4 is 23.5 Å². The summed E-state index contributed by atoms with van der Waals surface area (Å²) in [5, 5.41) is 5.05. The third-order valence-corrected chi connectivity index (χ3v) is 4.92. The van der Waals surface area contributed by atoms with Crippen LogP contribution in [-0.4, -0.2) is 34.8 Å². The van der Waals surface area contributed by atoms with Crippen molar-refractivity contribution in [3.63, 3.8) is 0 Å². The average Bonchev–Trinajstić information content (AvgIpc) is 2.84. The highest BCUT2D eigenvalue weighted by Gasteiger charge is 2.47. The van der Waals surface area contributed by atoms with Crippen molar-refractivity contribution in [2.75, 3.05) is 11.9 Å². The van der Waals surface area contributed by atoms with E-state index in [9.17, 15) is 27.6 Å². The summed E-state index contributed by atoms with van der Waals surface area (Å²) in [5.74, 6) is -1.14. The van der Waals surface area contributed by atoms with Crippen molar-refractivity contribution in [2.24, 2.45) is 0 Å². The van der Waals surface area contributed by atoms with Crippen LogP contribution in [0.4, 0.5) is 23.7 Å². The first-order valence-electron chi connectivity index (χ1n) is 9.68. The fraction of sp³-hybridized carbons (Fsp3) is 0.550. The molecule has 2 N–H and O–H groups in total. The summed E-state index contributed by atoms with van der Waals surface area (Å²) < 4.78 is 37.8. The van der Waals surface area contributed by atoms with Crippen molar-refractivity contribution < 1.29 is 27.6 Å². The van der Waals surface area contributed by atoms with Gasteiger partial charge in [-0.25, -0.2) is 4.79 Å². The van der Waals surface area contributed by atoms with Crippen molar-refractivity contribution in [1.29, 1.82) is 0 Å². The number of imide groups is 1. The molecule has 1 aromatic carbocycles. The van der Waals surface area contributed by atoms with Crippen molar-refractivity contribution in [2.45, 2.75) is 64.1 Å². The minimum Gasteiger partial charge on any atom is -0.325 e. The molecule has 1 fully saturated rings. The number of nitrogens with one attached hydrogen (secondary N) is 2. The van der Waals surface area contributed by atoms with E-state index in [1.807, 2.05) is 0 Å². The Morgan fingerprint density at radius 3 is 2.31 bits per heavy atom. The van der Waals surface area contributed by atoms with Crippen LogP contribution in [-0.2, 0) is 15.8 Å². The molecule has 1 aliphatic rings. The van der Waals surface area contributed by atoms with Crippen molar-refractivity contribution in [1.82, 2.24) is 10.2 Å². The zero-order valence-electron chi connectivity index (χ0n) is 16.6. The second kappa shape index (κ2) is 9.28. The lowest BCUT2D eigenvalue weighted by Crippen LogP contribution is -2.44. The summed E-state index contributed by atoms with van der Waals surface area (Å²) in [6.45, 7) is 3.24. The number of rotatable bonds is 9. The maximum absolute atomic E-state index is 12.6. The van der Waals surface area contributed by atoms with Gasteiger partial charge in [-0.15, -0.1) is 0 Å². The van der Waals surface area contributed by atoms with E-state index in [1.165, 1.54) is 0 Å². The molecule has 6 nitrogen and oxygen atoms in total. The minimum atomic E-state index is -4.47. The largest absolute Gasteiger partial charge is 0.416 e. The Kier molecular flexibility index (Phi) is 7.26. The first-order valence-corrected chi connectivity index (χ1v) is 9.68. The Morgan fingerprint density at radius 2 is 1.72 bits per heavy atom. The molecule has 0 spiro atoms. The van der Waals surface area contributed by atoms with Gasteiger partial charge in [0.25, 0.3) is 5.91 Å². The van der Waals surface area contributed by atoms with Gasteiger partial charge in [0.15, 0.2) is 0 Å². The molecule has 1 aromatic rings. The third kappa shape index (κ3) is 5.95. The molecule has 0 saturated carbocycles. The fourth-order valence-electron chi connectivity index (χ4n) is 3.23. The lowest BCUT2D eigenvalue weighted by atomic mass is 9.94. The minimum absolute atomic E-state index is 0.147. The van der Waals surface area contributed by atoms with Gasteiger partial charge in [-0.2, -0.15) is 13.2 Å². The van der Waals surface area contributed by atoms with Crippen LogP contribution in [0.15, 0.2) is 24.3 Å². The lowest BCUT2D eigenvalue weighted by Gasteiger charge is -2.21. The third-order valence-electron chi connectivity index (χ3n) is 4.92. The maximum Gasteiger partial charge on any atom is 0.416 e. The zero-order chi connectivity index (χ0) is 21.7. The van der Waals surface area contributed by atoms with Crippen molar-refractivity contribution in [3.8, 4) is 0 Å². The first-order chi connectivity index (χ1) is 13.6. The molecular formula is C20H26F3N3O3. The molecule has 29 heavy (non-hydrogen) atoms. The van der Waals surface area contributed by atoms with Gasteiger partial charge in [-0.3, -0.25) is 14.5 Å². The average molecular weight is 413 g/mol. The Hall–Kier alpha value is -2.58. The van der Waals surface area contributed by atoms with E-state index >= 15 is 0 Å². The molecule has 1 atom stereocenters. The van der Waals surface area contributed by atoms with Crippen LogP contribution in [0.2, 0.25) is 0 Å². The van der Waals surface area contributed by atoms with Crippen LogP contribution < -0.4 is 10.6 Å². The highest BCUT2D eigenvalue weighted by Crippen LogP contribution is 2.30. The Labute approximate surface area is 167 Å². The van der Waals surface area contributed by atoms with E-state index in [2.05, 4.69) is 17.6 Å². The van der Waals surface area contributed by atoms with Crippen LogP contribution in [0.1, 0.15) is 57.9 Å². The Balaban J connectivity index is 1.91. The number of hydrogen-bond acceptors (Lipinski definition) is 3. The second-order valence-electron chi connectivity index (χ2n) is 7.44. The zero-order valence-corrected chi connectivity index (χ0v) is 16.6. The topological polar surface area (TPSA) is 78.5 Å². The predicted octanol–water partition coefficient (Wildman–Crippen LogP) is 4.31. The van der Waals surface area contributed by atoms with Gasteiger partial charge in [0.2, 0.25) is 5.91 Å². The molecule has 9 heteroatoms. The monoisotopic (exact) mass is 413 g/mol. The molecule has 160 valence electrons. The highest BCUT2D eigenvalue weighted by molar-refractivity contribution is 6.09. The lowest BCUT2D eigenvalue weighted by molar-refractivity contribution is -0.137. The molecule has 0 aliphatic carbocycles.